The number of allylic oxidation sites excluding steroid dienone is 1. The number of carbonyl (C=O) groups excluding carboxylic acids is 2. The van der Waals surface area contributed by atoms with Crippen molar-refractivity contribution in [3.05, 3.63) is 87.3 Å². The first-order valence-corrected chi connectivity index (χ1v) is 11.9. The number of nitrogens with zero attached hydrogens (tertiary/aromatic N) is 3. The molecule has 0 saturated heterocycles. The van der Waals surface area contributed by atoms with Crippen molar-refractivity contribution in [2.75, 3.05) is 20.2 Å². The van der Waals surface area contributed by atoms with Gasteiger partial charge in [-0.05, 0) is 41.8 Å². The molecule has 0 radical (unpaired) electrons. The molecule has 0 bridgehead atoms. The molecular formula is C27H31ClN4O4. The van der Waals surface area contributed by atoms with Gasteiger partial charge in [-0.3, -0.25) is 19.0 Å². The molecule has 2 amide bonds. The van der Waals surface area contributed by atoms with Crippen LogP contribution in [-0.4, -0.2) is 51.6 Å². The van der Waals surface area contributed by atoms with Crippen LogP contribution < -0.4 is 10.9 Å². The lowest BCUT2D eigenvalue weighted by Crippen LogP contribution is -2.41. The fourth-order valence-electron chi connectivity index (χ4n) is 3.81. The van der Waals surface area contributed by atoms with E-state index in [0.717, 1.165) is 11.1 Å². The quantitative estimate of drug-likeness (QED) is 0.408. The molecule has 9 heteroatoms. The molecular weight excluding hydrogens is 480 g/mol. The average Bonchev–Trinajstić information content (AvgIpc) is 2.84. The van der Waals surface area contributed by atoms with Gasteiger partial charge in [-0.15, -0.1) is 6.58 Å². The molecule has 2 N–H and O–H groups in total. The number of fused-ring (bicyclic) bond motifs is 1. The Morgan fingerprint density at radius 3 is 2.56 bits per heavy atom. The molecule has 3 aromatic rings. The number of aliphatic hydroxyl groups excluding tert-OH is 1. The molecule has 190 valence electrons. The highest BCUT2D eigenvalue weighted by atomic mass is 35.5. The van der Waals surface area contributed by atoms with E-state index in [9.17, 15) is 19.5 Å². The summed E-state index contributed by atoms with van der Waals surface area (Å²) >= 11 is 5.92. The Kier molecular flexibility index (Phi) is 8.66. The maximum Gasteiger partial charge on any atom is 0.265 e. The fourth-order valence-corrected chi connectivity index (χ4v) is 3.94. The molecule has 0 aliphatic carbocycles. The standard InChI is InChI=1S/C27H31ClN4O4/c1-5-6-19-11-20-12-22(25(35)30-13-18-7-9-21(28)10-8-18)26(36)32(24(20)29-14-19)15-23(34)31(4)16-27(2,3)17-33/h5,7-12,14,33H,1,6,13,15-17H2,2-4H3,(H,30,35). The molecule has 2 aromatic heterocycles. The van der Waals surface area contributed by atoms with E-state index < -0.39 is 16.9 Å². The summed E-state index contributed by atoms with van der Waals surface area (Å²) in [5.74, 6) is -0.891. The molecule has 0 aliphatic heterocycles. The number of aromatic nitrogens is 2. The monoisotopic (exact) mass is 510 g/mol. The summed E-state index contributed by atoms with van der Waals surface area (Å²) in [5, 5.41) is 13.5. The highest BCUT2D eigenvalue weighted by Gasteiger charge is 2.24. The van der Waals surface area contributed by atoms with Crippen molar-refractivity contribution < 1.29 is 14.7 Å². The lowest BCUT2D eigenvalue weighted by Gasteiger charge is -2.28. The van der Waals surface area contributed by atoms with Crippen LogP contribution in [0.25, 0.3) is 11.0 Å². The number of aliphatic hydroxyl groups is 1. The van der Waals surface area contributed by atoms with E-state index in [4.69, 9.17) is 11.6 Å². The number of pyridine rings is 2. The lowest BCUT2D eigenvalue weighted by atomic mass is 9.94. The van der Waals surface area contributed by atoms with Crippen molar-refractivity contribution in [3.63, 3.8) is 0 Å². The van der Waals surface area contributed by atoms with Crippen molar-refractivity contribution in [2.45, 2.75) is 33.4 Å². The van der Waals surface area contributed by atoms with Gasteiger partial charge in [0.15, 0.2) is 0 Å². The summed E-state index contributed by atoms with van der Waals surface area (Å²) in [7, 11) is 1.62. The molecule has 2 heterocycles. The third kappa shape index (κ3) is 6.59. The van der Waals surface area contributed by atoms with Crippen molar-refractivity contribution in [3.8, 4) is 0 Å². The zero-order valence-electron chi connectivity index (χ0n) is 20.8. The zero-order valence-corrected chi connectivity index (χ0v) is 21.5. The second-order valence-corrected chi connectivity index (χ2v) is 10.0. The summed E-state index contributed by atoms with van der Waals surface area (Å²) in [5.41, 5.74) is 0.808. The summed E-state index contributed by atoms with van der Waals surface area (Å²) in [6.07, 6.45) is 3.93. The number of rotatable bonds is 10. The number of likely N-dealkylation sites (N-methyl/N-ethyl adjacent to an activating group) is 1. The van der Waals surface area contributed by atoms with E-state index in [2.05, 4.69) is 16.9 Å². The Bertz CT molecular complexity index is 1330. The summed E-state index contributed by atoms with van der Waals surface area (Å²) in [4.78, 5) is 45.4. The van der Waals surface area contributed by atoms with Crippen molar-refractivity contribution in [2.24, 2.45) is 5.41 Å². The minimum atomic E-state index is -0.608. The highest BCUT2D eigenvalue weighted by molar-refractivity contribution is 6.30. The first-order valence-electron chi connectivity index (χ1n) is 11.6. The predicted octanol–water partition coefficient (Wildman–Crippen LogP) is 3.19. The number of hydrogen-bond donors (Lipinski definition) is 2. The third-order valence-electron chi connectivity index (χ3n) is 5.79. The maximum absolute atomic E-state index is 13.4. The number of carbonyl (C=O) groups is 2. The van der Waals surface area contributed by atoms with Gasteiger partial charge in [0.25, 0.3) is 11.5 Å². The Balaban J connectivity index is 1.98. The molecule has 0 fully saturated rings. The van der Waals surface area contributed by atoms with Crippen LogP contribution in [0.2, 0.25) is 5.02 Å². The third-order valence-corrected chi connectivity index (χ3v) is 6.04. The van der Waals surface area contributed by atoms with Crippen LogP contribution in [0.15, 0.2) is 60.0 Å². The largest absolute Gasteiger partial charge is 0.396 e. The summed E-state index contributed by atoms with van der Waals surface area (Å²) in [6, 6.07) is 10.4. The van der Waals surface area contributed by atoms with Crippen LogP contribution in [-0.2, 0) is 24.3 Å². The highest BCUT2D eigenvalue weighted by Crippen LogP contribution is 2.17. The molecule has 0 atom stereocenters. The molecule has 3 rings (SSSR count). The van der Waals surface area contributed by atoms with Gasteiger partial charge in [-0.1, -0.05) is 43.7 Å². The van der Waals surface area contributed by atoms with Crippen LogP contribution in [0.5, 0.6) is 0 Å². The first-order chi connectivity index (χ1) is 17.0. The number of hydrogen-bond acceptors (Lipinski definition) is 5. The van der Waals surface area contributed by atoms with Crippen molar-refractivity contribution in [1.29, 1.82) is 0 Å². The van der Waals surface area contributed by atoms with Gasteiger partial charge in [0.1, 0.15) is 17.8 Å². The molecule has 8 nitrogen and oxygen atoms in total. The van der Waals surface area contributed by atoms with Crippen molar-refractivity contribution in [1.82, 2.24) is 19.8 Å². The SMILES string of the molecule is C=CCc1cnc2c(c1)cc(C(=O)NCc1ccc(Cl)cc1)c(=O)n2CC(=O)N(C)CC(C)(C)CO. The van der Waals surface area contributed by atoms with Gasteiger partial charge in [0.05, 0.1) is 0 Å². The molecule has 0 spiro atoms. The van der Waals surface area contributed by atoms with Gasteiger partial charge in [0.2, 0.25) is 5.91 Å². The second kappa shape index (κ2) is 11.5. The molecule has 36 heavy (non-hydrogen) atoms. The van der Waals surface area contributed by atoms with Crippen molar-refractivity contribution >= 4 is 34.4 Å². The van der Waals surface area contributed by atoms with E-state index in [-0.39, 0.29) is 31.2 Å². The fraction of sp³-hybridized carbons (Fsp3) is 0.333. The van der Waals surface area contributed by atoms with E-state index in [1.54, 1.807) is 43.6 Å². The Morgan fingerprint density at radius 2 is 1.92 bits per heavy atom. The Morgan fingerprint density at radius 1 is 1.22 bits per heavy atom. The van der Waals surface area contributed by atoms with Gasteiger partial charge < -0.3 is 15.3 Å². The number of nitrogens with one attached hydrogen (secondary N) is 1. The maximum atomic E-state index is 13.4. The minimum Gasteiger partial charge on any atom is -0.396 e. The average molecular weight is 511 g/mol. The van der Waals surface area contributed by atoms with Crippen LogP contribution >= 0.6 is 11.6 Å². The molecule has 0 unspecified atom stereocenters. The molecule has 1 aromatic carbocycles. The van der Waals surface area contributed by atoms with Gasteiger partial charge in [-0.25, -0.2) is 4.98 Å². The van der Waals surface area contributed by atoms with Gasteiger partial charge in [0, 0.05) is 48.8 Å². The van der Waals surface area contributed by atoms with E-state index in [0.29, 0.717) is 29.0 Å². The normalized spacial score (nSPS) is 11.4. The zero-order chi connectivity index (χ0) is 26.5. The van der Waals surface area contributed by atoms with Crippen LogP contribution in [0.4, 0.5) is 0 Å². The van der Waals surface area contributed by atoms with Gasteiger partial charge >= 0.3 is 0 Å². The van der Waals surface area contributed by atoms with Crippen LogP contribution in [0.3, 0.4) is 0 Å². The van der Waals surface area contributed by atoms with Crippen LogP contribution in [0.1, 0.15) is 35.3 Å². The number of halogens is 1. The van der Waals surface area contributed by atoms with Gasteiger partial charge in [-0.2, -0.15) is 0 Å². The topological polar surface area (TPSA) is 105 Å². The molecule has 0 saturated carbocycles. The Labute approximate surface area is 215 Å². The van der Waals surface area contributed by atoms with Crippen LogP contribution in [0, 0.1) is 5.41 Å². The Hall–Kier alpha value is -3.49. The lowest BCUT2D eigenvalue weighted by molar-refractivity contribution is -0.132. The van der Waals surface area contributed by atoms with E-state index in [1.807, 2.05) is 19.9 Å². The first kappa shape index (κ1) is 27.1. The summed E-state index contributed by atoms with van der Waals surface area (Å²) < 4.78 is 1.23. The second-order valence-electron chi connectivity index (χ2n) is 9.58. The molecule has 0 aliphatic rings. The number of amides is 2. The van der Waals surface area contributed by atoms with E-state index >= 15 is 0 Å². The number of benzene rings is 1. The summed E-state index contributed by atoms with van der Waals surface area (Å²) in [6.45, 7) is 7.55. The minimum absolute atomic E-state index is 0.0832. The van der Waals surface area contributed by atoms with E-state index in [1.165, 1.54) is 15.5 Å². The predicted molar refractivity (Wildman–Crippen MR) is 141 cm³/mol. The smallest absolute Gasteiger partial charge is 0.265 e.